The van der Waals surface area contributed by atoms with E-state index in [0.29, 0.717) is 6.54 Å². The Morgan fingerprint density at radius 2 is 2.08 bits per heavy atom. The molecule has 1 nitrogen and oxygen atoms in total. The minimum absolute atomic E-state index is 0.604. The van der Waals surface area contributed by atoms with Gasteiger partial charge >= 0.3 is 0 Å². The fraction of sp³-hybridized carbons (Fsp3) is 0.273. The zero-order valence-corrected chi connectivity index (χ0v) is 7.67. The molecule has 2 N–H and O–H groups in total. The second-order valence-corrected chi connectivity index (χ2v) is 3.00. The highest BCUT2D eigenvalue weighted by Crippen LogP contribution is 2.11. The van der Waals surface area contributed by atoms with Crippen LogP contribution in [0.2, 0.25) is 0 Å². The van der Waals surface area contributed by atoms with Crippen LogP contribution < -0.4 is 5.73 Å². The van der Waals surface area contributed by atoms with E-state index in [0.717, 1.165) is 0 Å². The van der Waals surface area contributed by atoms with Crippen LogP contribution in [0.4, 0.5) is 0 Å². The predicted molar refractivity (Wildman–Crippen MR) is 54.0 cm³/mol. The lowest BCUT2D eigenvalue weighted by Gasteiger charge is -2.00. The summed E-state index contributed by atoms with van der Waals surface area (Å²) in [5.41, 5.74) is 9.23. The Morgan fingerprint density at radius 3 is 2.67 bits per heavy atom. The maximum atomic E-state index is 5.37. The molecule has 1 aromatic carbocycles. The van der Waals surface area contributed by atoms with Crippen molar-refractivity contribution in [2.24, 2.45) is 5.73 Å². The molecule has 1 heteroatoms. The van der Waals surface area contributed by atoms with Crippen molar-refractivity contribution < 1.29 is 0 Å². The van der Waals surface area contributed by atoms with Gasteiger partial charge < -0.3 is 5.73 Å². The van der Waals surface area contributed by atoms with Crippen molar-refractivity contribution in [3.63, 3.8) is 0 Å². The molecule has 0 heterocycles. The molecule has 0 fully saturated rings. The van der Waals surface area contributed by atoms with Gasteiger partial charge in [0.25, 0.3) is 0 Å². The highest BCUT2D eigenvalue weighted by atomic mass is 14.5. The first-order chi connectivity index (χ1) is 5.74. The molecule has 0 aromatic heterocycles. The van der Waals surface area contributed by atoms with Crippen LogP contribution >= 0.6 is 0 Å². The fourth-order valence-corrected chi connectivity index (χ4v) is 1.21. The molecule has 0 unspecified atom stereocenters. The van der Waals surface area contributed by atoms with E-state index in [4.69, 9.17) is 5.73 Å². The van der Waals surface area contributed by atoms with Gasteiger partial charge in [0.1, 0.15) is 0 Å². The summed E-state index contributed by atoms with van der Waals surface area (Å²) in [5, 5.41) is 0. The summed E-state index contributed by atoms with van der Waals surface area (Å²) in [6, 6.07) is 6.41. The molecule has 64 valence electrons. The number of hydrogen-bond acceptors (Lipinski definition) is 1. The summed E-state index contributed by atoms with van der Waals surface area (Å²) in [6.07, 6.45) is 4.03. The van der Waals surface area contributed by atoms with Gasteiger partial charge in [0, 0.05) is 6.54 Å². The van der Waals surface area contributed by atoms with Crippen molar-refractivity contribution in [3.05, 3.63) is 41.0 Å². The van der Waals surface area contributed by atoms with Gasteiger partial charge in [-0.3, -0.25) is 0 Å². The molecule has 0 bridgehead atoms. The third-order valence-electron chi connectivity index (χ3n) is 1.86. The van der Waals surface area contributed by atoms with Gasteiger partial charge in [0.2, 0.25) is 0 Å². The van der Waals surface area contributed by atoms with Gasteiger partial charge in [0.05, 0.1) is 0 Å². The molecule has 0 saturated carbocycles. The second-order valence-electron chi connectivity index (χ2n) is 3.00. The van der Waals surface area contributed by atoms with E-state index >= 15 is 0 Å². The third-order valence-corrected chi connectivity index (χ3v) is 1.86. The topological polar surface area (TPSA) is 26.0 Å². The Bertz CT molecular complexity index is 287. The van der Waals surface area contributed by atoms with Crippen LogP contribution in [0, 0.1) is 13.8 Å². The fourth-order valence-electron chi connectivity index (χ4n) is 1.21. The first-order valence-electron chi connectivity index (χ1n) is 4.18. The van der Waals surface area contributed by atoms with E-state index in [1.807, 2.05) is 6.08 Å². The molecule has 1 aromatic rings. The maximum absolute atomic E-state index is 5.37. The molecule has 0 amide bonds. The van der Waals surface area contributed by atoms with Crippen LogP contribution in [-0.2, 0) is 0 Å². The quantitative estimate of drug-likeness (QED) is 0.707. The first kappa shape index (κ1) is 9.01. The number of rotatable bonds is 2. The maximum Gasteiger partial charge on any atom is 0.0110 e. The minimum atomic E-state index is 0.604. The number of hydrogen-bond donors (Lipinski definition) is 1. The SMILES string of the molecule is Cc1ccc(C=CCN)c(C)c1. The van der Waals surface area contributed by atoms with E-state index < -0.39 is 0 Å². The second kappa shape index (κ2) is 4.07. The van der Waals surface area contributed by atoms with Gasteiger partial charge in [0.15, 0.2) is 0 Å². The molecule has 0 radical (unpaired) electrons. The molecule has 0 aliphatic carbocycles. The molecule has 1 rings (SSSR count). The van der Waals surface area contributed by atoms with E-state index in [-0.39, 0.29) is 0 Å². The van der Waals surface area contributed by atoms with Crippen molar-refractivity contribution in [2.75, 3.05) is 6.54 Å². The lowest BCUT2D eigenvalue weighted by Crippen LogP contribution is -1.92. The number of benzene rings is 1. The largest absolute Gasteiger partial charge is 0.327 e. The summed E-state index contributed by atoms with van der Waals surface area (Å²) in [4.78, 5) is 0. The molecule has 12 heavy (non-hydrogen) atoms. The van der Waals surface area contributed by atoms with E-state index in [1.54, 1.807) is 0 Å². The molecule has 0 saturated heterocycles. The summed E-state index contributed by atoms with van der Waals surface area (Å²) in [6.45, 7) is 4.82. The van der Waals surface area contributed by atoms with Crippen LogP contribution in [0.15, 0.2) is 24.3 Å². The number of aryl methyl sites for hydroxylation is 2. The van der Waals surface area contributed by atoms with Crippen molar-refractivity contribution in [2.45, 2.75) is 13.8 Å². The van der Waals surface area contributed by atoms with Gasteiger partial charge in [-0.2, -0.15) is 0 Å². The van der Waals surface area contributed by atoms with Crippen LogP contribution in [-0.4, -0.2) is 6.54 Å². The first-order valence-corrected chi connectivity index (χ1v) is 4.18. The molecular formula is C11H15N. The Labute approximate surface area is 73.9 Å². The smallest absolute Gasteiger partial charge is 0.0110 e. The van der Waals surface area contributed by atoms with Crippen molar-refractivity contribution >= 4 is 6.08 Å². The summed E-state index contributed by atoms with van der Waals surface area (Å²) < 4.78 is 0. The normalized spacial score (nSPS) is 10.9. The van der Waals surface area contributed by atoms with Gasteiger partial charge in [-0.05, 0) is 25.0 Å². The summed E-state index contributed by atoms with van der Waals surface area (Å²) >= 11 is 0. The summed E-state index contributed by atoms with van der Waals surface area (Å²) in [7, 11) is 0. The molecular weight excluding hydrogens is 146 g/mol. The average Bonchev–Trinajstić information content (AvgIpc) is 2.03. The van der Waals surface area contributed by atoms with Crippen LogP contribution in [0.25, 0.3) is 6.08 Å². The zero-order chi connectivity index (χ0) is 8.97. The van der Waals surface area contributed by atoms with Crippen LogP contribution in [0.5, 0.6) is 0 Å². The van der Waals surface area contributed by atoms with Gasteiger partial charge in [-0.15, -0.1) is 0 Å². The van der Waals surface area contributed by atoms with E-state index in [2.05, 4.69) is 38.1 Å². The Balaban J connectivity index is 2.94. The van der Waals surface area contributed by atoms with Crippen molar-refractivity contribution in [1.82, 2.24) is 0 Å². The third kappa shape index (κ3) is 2.21. The van der Waals surface area contributed by atoms with Crippen molar-refractivity contribution in [3.8, 4) is 0 Å². The minimum Gasteiger partial charge on any atom is -0.327 e. The standard InChI is InChI=1S/C11H15N/c1-9-5-6-11(4-3-7-12)10(2)8-9/h3-6,8H,7,12H2,1-2H3. The van der Waals surface area contributed by atoms with E-state index in [1.165, 1.54) is 16.7 Å². The average molecular weight is 161 g/mol. The highest BCUT2D eigenvalue weighted by Gasteiger charge is 1.92. The molecule has 0 aliphatic heterocycles. The van der Waals surface area contributed by atoms with Crippen molar-refractivity contribution in [1.29, 1.82) is 0 Å². The lowest BCUT2D eigenvalue weighted by atomic mass is 10.1. The Kier molecular flexibility index (Phi) is 3.06. The summed E-state index contributed by atoms with van der Waals surface area (Å²) in [5.74, 6) is 0. The Morgan fingerprint density at radius 1 is 1.33 bits per heavy atom. The zero-order valence-electron chi connectivity index (χ0n) is 7.67. The van der Waals surface area contributed by atoms with Crippen LogP contribution in [0.3, 0.4) is 0 Å². The molecule has 0 aliphatic rings. The van der Waals surface area contributed by atoms with E-state index in [9.17, 15) is 0 Å². The van der Waals surface area contributed by atoms with Gasteiger partial charge in [-0.1, -0.05) is 35.9 Å². The monoisotopic (exact) mass is 161 g/mol. The highest BCUT2D eigenvalue weighted by molar-refractivity contribution is 5.54. The van der Waals surface area contributed by atoms with Crippen LogP contribution in [0.1, 0.15) is 16.7 Å². The number of nitrogens with two attached hydrogens (primary N) is 1. The lowest BCUT2D eigenvalue weighted by molar-refractivity contribution is 1.26. The predicted octanol–water partition coefficient (Wildman–Crippen LogP) is 2.28. The molecule has 0 atom stereocenters. The molecule has 0 spiro atoms. The van der Waals surface area contributed by atoms with Gasteiger partial charge in [-0.25, -0.2) is 0 Å². The Hall–Kier alpha value is -1.08.